The van der Waals surface area contributed by atoms with Crippen LogP contribution in [-0.2, 0) is 5.41 Å². The molecule has 1 saturated heterocycles. The molecule has 0 atom stereocenters. The second-order valence-electron chi connectivity index (χ2n) is 6.12. The van der Waals surface area contributed by atoms with Crippen LogP contribution in [0.4, 0.5) is 5.69 Å². The van der Waals surface area contributed by atoms with Crippen LogP contribution in [0.15, 0.2) is 24.3 Å². The van der Waals surface area contributed by atoms with Crippen molar-refractivity contribution in [2.24, 2.45) is 5.73 Å². The van der Waals surface area contributed by atoms with Crippen LogP contribution in [0.1, 0.15) is 39.2 Å². The number of hydrogen-bond donors (Lipinski definition) is 1. The number of nitrogens with two attached hydrogens (primary N) is 1. The van der Waals surface area contributed by atoms with Gasteiger partial charge in [-0.1, -0.05) is 32.9 Å². The van der Waals surface area contributed by atoms with Gasteiger partial charge in [0.05, 0.1) is 0 Å². The lowest BCUT2D eigenvalue weighted by atomic mass is 9.87. The first-order chi connectivity index (χ1) is 7.97. The van der Waals surface area contributed by atoms with Crippen LogP contribution < -0.4 is 10.6 Å². The molecule has 1 aliphatic heterocycles. The molecule has 2 N–H and O–H groups in total. The van der Waals surface area contributed by atoms with Crippen molar-refractivity contribution in [3.63, 3.8) is 0 Å². The van der Waals surface area contributed by atoms with Crippen molar-refractivity contribution in [1.82, 2.24) is 0 Å². The van der Waals surface area contributed by atoms with Crippen LogP contribution in [0.2, 0.25) is 0 Å². The zero-order valence-corrected chi connectivity index (χ0v) is 11.2. The Morgan fingerprint density at radius 1 is 1.06 bits per heavy atom. The number of rotatable bonds is 1. The summed E-state index contributed by atoms with van der Waals surface area (Å²) in [6.45, 7) is 8.94. The van der Waals surface area contributed by atoms with Gasteiger partial charge in [-0.25, -0.2) is 0 Å². The standard InChI is InChI=1S/C15H24N2/c1-15(2,3)12-4-6-14(7-5-12)17-10-8-13(16)9-11-17/h4-7,13H,8-11,16H2,1-3H3. The Kier molecular flexibility index (Phi) is 3.43. The first kappa shape index (κ1) is 12.4. The van der Waals surface area contributed by atoms with Gasteiger partial charge in [-0.15, -0.1) is 0 Å². The van der Waals surface area contributed by atoms with Crippen LogP contribution in [0, 0.1) is 0 Å². The summed E-state index contributed by atoms with van der Waals surface area (Å²) in [6.07, 6.45) is 2.22. The van der Waals surface area contributed by atoms with Gasteiger partial charge in [0.1, 0.15) is 0 Å². The molecule has 1 aromatic rings. The summed E-state index contributed by atoms with van der Waals surface area (Å²) in [5.41, 5.74) is 8.90. The molecule has 2 rings (SSSR count). The molecule has 1 fully saturated rings. The first-order valence-corrected chi connectivity index (χ1v) is 6.58. The van der Waals surface area contributed by atoms with Gasteiger partial charge >= 0.3 is 0 Å². The second-order valence-corrected chi connectivity index (χ2v) is 6.12. The molecule has 0 unspecified atom stereocenters. The van der Waals surface area contributed by atoms with Crippen molar-refractivity contribution in [2.45, 2.75) is 45.1 Å². The van der Waals surface area contributed by atoms with Crippen molar-refractivity contribution < 1.29 is 0 Å². The van der Waals surface area contributed by atoms with Gasteiger partial charge in [-0.3, -0.25) is 0 Å². The Bertz CT molecular complexity index is 354. The molecular weight excluding hydrogens is 208 g/mol. The van der Waals surface area contributed by atoms with E-state index in [1.165, 1.54) is 11.3 Å². The largest absolute Gasteiger partial charge is 0.371 e. The smallest absolute Gasteiger partial charge is 0.0366 e. The molecule has 2 nitrogen and oxygen atoms in total. The molecule has 1 heterocycles. The second kappa shape index (κ2) is 4.69. The Hall–Kier alpha value is -1.02. The molecule has 0 aliphatic carbocycles. The van der Waals surface area contributed by atoms with E-state index >= 15 is 0 Å². The lowest BCUT2D eigenvalue weighted by Gasteiger charge is -2.32. The Morgan fingerprint density at radius 2 is 1.59 bits per heavy atom. The highest BCUT2D eigenvalue weighted by molar-refractivity contribution is 5.48. The molecule has 0 spiro atoms. The molecular formula is C15H24N2. The van der Waals surface area contributed by atoms with Crippen molar-refractivity contribution in [2.75, 3.05) is 18.0 Å². The third-order valence-electron chi connectivity index (χ3n) is 3.64. The van der Waals surface area contributed by atoms with Gasteiger partial charge in [-0.2, -0.15) is 0 Å². The lowest BCUT2D eigenvalue weighted by molar-refractivity contribution is 0.501. The normalized spacial score (nSPS) is 18.5. The van der Waals surface area contributed by atoms with Crippen LogP contribution in [0.3, 0.4) is 0 Å². The number of anilines is 1. The topological polar surface area (TPSA) is 29.3 Å². The molecule has 17 heavy (non-hydrogen) atoms. The highest BCUT2D eigenvalue weighted by Gasteiger charge is 2.17. The van der Waals surface area contributed by atoms with Crippen LogP contribution in [-0.4, -0.2) is 19.1 Å². The summed E-state index contributed by atoms with van der Waals surface area (Å²) in [5.74, 6) is 0. The molecule has 94 valence electrons. The van der Waals surface area contributed by atoms with E-state index in [4.69, 9.17) is 5.73 Å². The number of hydrogen-bond acceptors (Lipinski definition) is 2. The summed E-state index contributed by atoms with van der Waals surface area (Å²) in [4.78, 5) is 2.44. The third kappa shape index (κ3) is 3.01. The Labute approximate surface area is 105 Å². The molecule has 0 bridgehead atoms. The maximum Gasteiger partial charge on any atom is 0.0366 e. The fraction of sp³-hybridized carbons (Fsp3) is 0.600. The molecule has 1 aromatic carbocycles. The maximum absolute atomic E-state index is 5.93. The summed E-state index contributed by atoms with van der Waals surface area (Å²) < 4.78 is 0. The summed E-state index contributed by atoms with van der Waals surface area (Å²) >= 11 is 0. The molecule has 0 aromatic heterocycles. The predicted molar refractivity (Wildman–Crippen MR) is 74.6 cm³/mol. The van der Waals surface area contributed by atoms with Gasteiger partial charge in [-0.05, 0) is 36.0 Å². The number of benzene rings is 1. The molecule has 1 aliphatic rings. The van der Waals surface area contributed by atoms with E-state index in [1.807, 2.05) is 0 Å². The lowest BCUT2D eigenvalue weighted by Crippen LogP contribution is -2.39. The zero-order chi connectivity index (χ0) is 12.5. The SMILES string of the molecule is CC(C)(C)c1ccc(N2CCC(N)CC2)cc1. The molecule has 0 saturated carbocycles. The fourth-order valence-electron chi connectivity index (χ4n) is 2.33. The van der Waals surface area contributed by atoms with Crippen molar-refractivity contribution >= 4 is 5.69 Å². The van der Waals surface area contributed by atoms with E-state index in [1.54, 1.807) is 0 Å². The van der Waals surface area contributed by atoms with Gasteiger partial charge in [0.15, 0.2) is 0 Å². The monoisotopic (exact) mass is 232 g/mol. The van der Waals surface area contributed by atoms with Crippen molar-refractivity contribution in [3.8, 4) is 0 Å². The minimum absolute atomic E-state index is 0.239. The minimum atomic E-state index is 0.239. The van der Waals surface area contributed by atoms with Gasteiger partial charge in [0, 0.05) is 24.8 Å². The van der Waals surface area contributed by atoms with Crippen LogP contribution >= 0.6 is 0 Å². The van der Waals surface area contributed by atoms with Gasteiger partial charge in [0.2, 0.25) is 0 Å². The molecule has 0 radical (unpaired) electrons. The Balaban J connectivity index is 2.08. The van der Waals surface area contributed by atoms with Gasteiger partial charge < -0.3 is 10.6 Å². The van der Waals surface area contributed by atoms with E-state index in [2.05, 4.69) is 49.9 Å². The fourth-order valence-corrected chi connectivity index (χ4v) is 2.33. The van der Waals surface area contributed by atoms with E-state index < -0.39 is 0 Å². The average molecular weight is 232 g/mol. The first-order valence-electron chi connectivity index (χ1n) is 6.58. The third-order valence-corrected chi connectivity index (χ3v) is 3.64. The van der Waals surface area contributed by atoms with Crippen molar-refractivity contribution in [3.05, 3.63) is 29.8 Å². The van der Waals surface area contributed by atoms with E-state index in [0.29, 0.717) is 6.04 Å². The van der Waals surface area contributed by atoms with Crippen LogP contribution in [0.25, 0.3) is 0 Å². The average Bonchev–Trinajstić information content (AvgIpc) is 2.29. The predicted octanol–water partition coefficient (Wildman–Crippen LogP) is 2.91. The molecule has 0 amide bonds. The number of piperidine rings is 1. The summed E-state index contributed by atoms with van der Waals surface area (Å²) in [7, 11) is 0. The van der Waals surface area contributed by atoms with E-state index in [0.717, 1.165) is 25.9 Å². The maximum atomic E-state index is 5.93. The quantitative estimate of drug-likeness (QED) is 0.806. The van der Waals surface area contributed by atoms with E-state index in [-0.39, 0.29) is 5.41 Å². The molecule has 2 heteroatoms. The minimum Gasteiger partial charge on any atom is -0.371 e. The van der Waals surface area contributed by atoms with Gasteiger partial charge in [0.25, 0.3) is 0 Å². The highest BCUT2D eigenvalue weighted by atomic mass is 15.1. The zero-order valence-electron chi connectivity index (χ0n) is 11.2. The van der Waals surface area contributed by atoms with E-state index in [9.17, 15) is 0 Å². The highest BCUT2D eigenvalue weighted by Crippen LogP contribution is 2.26. The summed E-state index contributed by atoms with van der Waals surface area (Å²) in [5, 5.41) is 0. The van der Waals surface area contributed by atoms with Crippen molar-refractivity contribution in [1.29, 1.82) is 0 Å². The number of nitrogens with zero attached hydrogens (tertiary/aromatic N) is 1. The Morgan fingerprint density at radius 3 is 2.06 bits per heavy atom. The van der Waals surface area contributed by atoms with Crippen LogP contribution in [0.5, 0.6) is 0 Å². The summed E-state index contributed by atoms with van der Waals surface area (Å²) in [6, 6.07) is 9.41.